The minimum Gasteiger partial charge on any atom is -0.363 e. The molecule has 1 aliphatic rings. The third-order valence-electron chi connectivity index (χ3n) is 3.44. The van der Waals surface area contributed by atoms with Crippen LogP contribution >= 0.6 is 0 Å². The summed E-state index contributed by atoms with van der Waals surface area (Å²) in [5.74, 6) is 0.772. The van der Waals surface area contributed by atoms with Gasteiger partial charge in [-0.2, -0.15) is 0 Å². The average molecular weight is 224 g/mol. The first-order valence-corrected chi connectivity index (χ1v) is 5.46. The molecule has 0 aliphatic heterocycles. The van der Waals surface area contributed by atoms with Gasteiger partial charge >= 0.3 is 5.69 Å². The standard InChI is InChI=1S/C10H16N4O2/c1-6(2)10(3-4-10)5-11-7-8(15)12-9(16)14-13-7/h6H,3-5H2,1-2H3,(H,11,13)(H2,12,14,15,16). The zero-order valence-corrected chi connectivity index (χ0v) is 9.46. The summed E-state index contributed by atoms with van der Waals surface area (Å²) in [6.45, 7) is 5.09. The number of nitrogens with zero attached hydrogens (tertiary/aromatic N) is 1. The molecular weight excluding hydrogens is 208 g/mol. The number of nitrogens with one attached hydrogen (secondary N) is 3. The Morgan fingerprint density at radius 3 is 2.62 bits per heavy atom. The zero-order valence-electron chi connectivity index (χ0n) is 9.46. The maximum atomic E-state index is 11.3. The maximum absolute atomic E-state index is 11.3. The van der Waals surface area contributed by atoms with E-state index in [-0.39, 0.29) is 5.82 Å². The predicted octanol–water partition coefficient (Wildman–Crippen LogP) is 0.306. The van der Waals surface area contributed by atoms with Gasteiger partial charge in [-0.3, -0.25) is 9.78 Å². The Morgan fingerprint density at radius 1 is 1.44 bits per heavy atom. The molecule has 6 heteroatoms. The van der Waals surface area contributed by atoms with Crippen LogP contribution in [0.4, 0.5) is 5.82 Å². The molecule has 1 aromatic rings. The molecule has 0 aromatic carbocycles. The highest BCUT2D eigenvalue weighted by Gasteiger charge is 2.45. The smallest absolute Gasteiger partial charge is 0.342 e. The third-order valence-corrected chi connectivity index (χ3v) is 3.44. The van der Waals surface area contributed by atoms with Crippen molar-refractivity contribution in [3.05, 3.63) is 20.8 Å². The van der Waals surface area contributed by atoms with Crippen LogP contribution in [0.15, 0.2) is 9.59 Å². The minimum atomic E-state index is -0.583. The number of anilines is 1. The van der Waals surface area contributed by atoms with Crippen molar-refractivity contribution in [2.24, 2.45) is 11.3 Å². The van der Waals surface area contributed by atoms with Gasteiger partial charge < -0.3 is 5.32 Å². The van der Waals surface area contributed by atoms with Crippen LogP contribution < -0.4 is 16.6 Å². The SMILES string of the molecule is CC(C)C1(CNc2n[nH]c(=O)[nH]c2=O)CC1. The molecule has 0 spiro atoms. The fourth-order valence-corrected chi connectivity index (χ4v) is 1.85. The van der Waals surface area contributed by atoms with Crippen molar-refractivity contribution in [1.29, 1.82) is 0 Å². The van der Waals surface area contributed by atoms with Crippen LogP contribution in [0.5, 0.6) is 0 Å². The normalized spacial score (nSPS) is 17.4. The summed E-state index contributed by atoms with van der Waals surface area (Å²) in [5, 5.41) is 8.88. The van der Waals surface area contributed by atoms with Crippen molar-refractivity contribution < 1.29 is 0 Å². The van der Waals surface area contributed by atoms with Gasteiger partial charge in [0.05, 0.1) is 0 Å². The second-order valence-corrected chi connectivity index (χ2v) is 4.73. The monoisotopic (exact) mass is 224 g/mol. The van der Waals surface area contributed by atoms with Crippen LogP contribution in [-0.4, -0.2) is 21.7 Å². The molecule has 1 heterocycles. The Kier molecular flexibility index (Phi) is 2.57. The van der Waals surface area contributed by atoms with Crippen molar-refractivity contribution in [3.63, 3.8) is 0 Å². The van der Waals surface area contributed by atoms with E-state index in [2.05, 4.69) is 34.3 Å². The Bertz CT molecular complexity index is 484. The third kappa shape index (κ3) is 2.00. The van der Waals surface area contributed by atoms with Gasteiger partial charge in [0.2, 0.25) is 5.82 Å². The van der Waals surface area contributed by atoms with E-state index in [1.165, 1.54) is 12.8 Å². The van der Waals surface area contributed by atoms with E-state index in [1.54, 1.807) is 0 Å². The van der Waals surface area contributed by atoms with Crippen molar-refractivity contribution in [2.45, 2.75) is 26.7 Å². The molecule has 0 saturated heterocycles. The van der Waals surface area contributed by atoms with Crippen LogP contribution in [0.1, 0.15) is 26.7 Å². The molecule has 0 amide bonds. The van der Waals surface area contributed by atoms with Gasteiger partial charge in [0.1, 0.15) is 0 Å². The number of aromatic nitrogens is 3. The summed E-state index contributed by atoms with van der Waals surface area (Å²) in [7, 11) is 0. The molecule has 1 saturated carbocycles. The first kappa shape index (κ1) is 10.9. The summed E-state index contributed by atoms with van der Waals surface area (Å²) >= 11 is 0. The van der Waals surface area contributed by atoms with Gasteiger partial charge in [-0.25, -0.2) is 9.89 Å². The Hall–Kier alpha value is -1.59. The molecular formula is C10H16N4O2. The Balaban J connectivity index is 2.06. The molecule has 6 nitrogen and oxygen atoms in total. The van der Waals surface area contributed by atoms with E-state index < -0.39 is 11.2 Å². The molecule has 0 atom stereocenters. The van der Waals surface area contributed by atoms with Crippen molar-refractivity contribution in [1.82, 2.24) is 15.2 Å². The van der Waals surface area contributed by atoms with Gasteiger partial charge in [0.15, 0.2) is 0 Å². The van der Waals surface area contributed by atoms with Gasteiger partial charge in [0, 0.05) is 6.54 Å². The molecule has 0 unspecified atom stereocenters. The first-order valence-electron chi connectivity index (χ1n) is 5.46. The largest absolute Gasteiger partial charge is 0.363 e. The lowest BCUT2D eigenvalue weighted by molar-refractivity contribution is 0.379. The van der Waals surface area contributed by atoms with Crippen LogP contribution in [0.25, 0.3) is 0 Å². The molecule has 88 valence electrons. The molecule has 2 rings (SSSR count). The summed E-state index contributed by atoms with van der Waals surface area (Å²) in [6, 6.07) is 0. The van der Waals surface area contributed by atoms with E-state index in [9.17, 15) is 9.59 Å². The lowest BCUT2D eigenvalue weighted by Crippen LogP contribution is -2.30. The molecule has 1 aliphatic carbocycles. The fraction of sp³-hybridized carbons (Fsp3) is 0.700. The molecule has 0 radical (unpaired) electrons. The molecule has 3 N–H and O–H groups in total. The number of rotatable bonds is 4. The van der Waals surface area contributed by atoms with Gasteiger partial charge in [-0.15, -0.1) is 5.10 Å². The molecule has 16 heavy (non-hydrogen) atoms. The summed E-state index contributed by atoms with van der Waals surface area (Å²) in [5.41, 5.74) is -0.756. The van der Waals surface area contributed by atoms with E-state index in [1.807, 2.05) is 0 Å². The van der Waals surface area contributed by atoms with Gasteiger partial charge in [0.25, 0.3) is 5.56 Å². The number of aromatic amines is 2. The van der Waals surface area contributed by atoms with Gasteiger partial charge in [-0.05, 0) is 24.2 Å². The highest BCUT2D eigenvalue weighted by atomic mass is 16.2. The summed E-state index contributed by atoms with van der Waals surface area (Å²) < 4.78 is 0. The Morgan fingerprint density at radius 2 is 2.12 bits per heavy atom. The lowest BCUT2D eigenvalue weighted by Gasteiger charge is -2.19. The summed E-state index contributed by atoms with van der Waals surface area (Å²) in [6.07, 6.45) is 2.36. The highest BCUT2D eigenvalue weighted by Crippen LogP contribution is 2.51. The van der Waals surface area contributed by atoms with Crippen LogP contribution in [0.2, 0.25) is 0 Å². The van der Waals surface area contributed by atoms with Crippen molar-refractivity contribution in [3.8, 4) is 0 Å². The topological polar surface area (TPSA) is 90.6 Å². The van der Waals surface area contributed by atoms with Crippen molar-refractivity contribution in [2.75, 3.05) is 11.9 Å². The van der Waals surface area contributed by atoms with E-state index in [4.69, 9.17) is 0 Å². The second-order valence-electron chi connectivity index (χ2n) is 4.73. The van der Waals surface area contributed by atoms with E-state index in [0.29, 0.717) is 11.3 Å². The van der Waals surface area contributed by atoms with E-state index >= 15 is 0 Å². The zero-order chi connectivity index (χ0) is 11.8. The number of H-pyrrole nitrogens is 2. The summed E-state index contributed by atoms with van der Waals surface area (Å²) in [4.78, 5) is 24.2. The minimum absolute atomic E-state index is 0.187. The molecule has 1 aromatic heterocycles. The molecule has 1 fully saturated rings. The predicted molar refractivity (Wildman–Crippen MR) is 60.5 cm³/mol. The van der Waals surface area contributed by atoms with E-state index in [0.717, 1.165) is 6.54 Å². The number of hydrogen-bond donors (Lipinski definition) is 3. The first-order chi connectivity index (χ1) is 7.53. The number of hydrogen-bond acceptors (Lipinski definition) is 4. The fourth-order valence-electron chi connectivity index (χ4n) is 1.85. The van der Waals surface area contributed by atoms with Crippen LogP contribution in [0.3, 0.4) is 0 Å². The Labute approximate surface area is 92.5 Å². The maximum Gasteiger partial charge on any atom is 0.342 e. The molecule has 0 bridgehead atoms. The quantitative estimate of drug-likeness (QED) is 0.686. The second kappa shape index (κ2) is 3.77. The van der Waals surface area contributed by atoms with Crippen LogP contribution in [-0.2, 0) is 0 Å². The van der Waals surface area contributed by atoms with Gasteiger partial charge in [-0.1, -0.05) is 13.8 Å². The van der Waals surface area contributed by atoms with Crippen molar-refractivity contribution >= 4 is 5.82 Å². The lowest BCUT2D eigenvalue weighted by atomic mass is 9.92. The highest BCUT2D eigenvalue weighted by molar-refractivity contribution is 5.30. The van der Waals surface area contributed by atoms with Crippen LogP contribution in [0, 0.1) is 11.3 Å². The average Bonchev–Trinajstić information content (AvgIpc) is 2.97.